The van der Waals surface area contributed by atoms with Gasteiger partial charge in [0.25, 0.3) is 6.47 Å². The van der Waals surface area contributed by atoms with Crippen LogP contribution in [-0.2, 0) is 20.8 Å². The summed E-state index contributed by atoms with van der Waals surface area (Å²) in [5, 5.41) is 9.57. The van der Waals surface area contributed by atoms with Crippen LogP contribution in [0.15, 0.2) is 29.6 Å². The van der Waals surface area contributed by atoms with Gasteiger partial charge in [0.1, 0.15) is 5.60 Å². The molecule has 164 valence electrons. The van der Waals surface area contributed by atoms with E-state index in [1.54, 1.807) is 23.5 Å². The van der Waals surface area contributed by atoms with Gasteiger partial charge in [-0.25, -0.2) is 9.78 Å². The van der Waals surface area contributed by atoms with Crippen LogP contribution in [-0.4, -0.2) is 61.2 Å². The van der Waals surface area contributed by atoms with Gasteiger partial charge < -0.3 is 20.1 Å². The molecule has 0 amide bonds. The van der Waals surface area contributed by atoms with Crippen molar-refractivity contribution in [2.45, 2.75) is 32.9 Å². The molecule has 0 bridgehead atoms. The number of anilines is 2. The summed E-state index contributed by atoms with van der Waals surface area (Å²) in [6.45, 7) is 11.0. The first-order valence-electron chi connectivity index (χ1n) is 9.75. The number of benzene rings is 1. The normalized spacial score (nSPS) is 14.3. The molecular formula is C21H30N4O4S. The van der Waals surface area contributed by atoms with Crippen molar-refractivity contribution in [3.05, 3.63) is 40.9 Å². The molecule has 0 saturated carbocycles. The highest BCUT2D eigenvalue weighted by molar-refractivity contribution is 7.13. The third-order valence-corrected chi connectivity index (χ3v) is 4.91. The van der Waals surface area contributed by atoms with Crippen molar-refractivity contribution in [3.63, 3.8) is 0 Å². The summed E-state index contributed by atoms with van der Waals surface area (Å²) in [4.78, 5) is 28.0. The molecule has 1 fully saturated rings. The highest BCUT2D eigenvalue weighted by atomic mass is 32.1. The molecule has 2 aromatic rings. The lowest BCUT2D eigenvalue weighted by atomic mass is 10.2. The SMILES string of the molecule is CC(C)(C)OC=O.COC(=O)c1ccc(Nc2nc(CN3CCNCC3)cs2)cc1. The predicted molar refractivity (Wildman–Crippen MR) is 118 cm³/mol. The summed E-state index contributed by atoms with van der Waals surface area (Å²) >= 11 is 1.59. The minimum atomic E-state index is -0.330. The van der Waals surface area contributed by atoms with E-state index in [1.165, 1.54) is 7.11 Å². The lowest BCUT2D eigenvalue weighted by Gasteiger charge is -2.26. The van der Waals surface area contributed by atoms with E-state index in [2.05, 4.69) is 30.6 Å². The lowest BCUT2D eigenvalue weighted by Crippen LogP contribution is -2.42. The molecule has 30 heavy (non-hydrogen) atoms. The molecule has 0 radical (unpaired) electrons. The average Bonchev–Trinajstić information content (AvgIpc) is 3.15. The second kappa shape index (κ2) is 11.6. The topological polar surface area (TPSA) is 92.8 Å². The zero-order valence-corrected chi connectivity index (χ0v) is 18.8. The molecule has 0 unspecified atom stereocenters. The number of aromatic nitrogens is 1. The average molecular weight is 435 g/mol. The molecule has 1 aliphatic heterocycles. The quantitative estimate of drug-likeness (QED) is 0.529. The number of carbonyl (C=O) groups is 2. The van der Waals surface area contributed by atoms with Crippen LogP contribution in [0.25, 0.3) is 0 Å². The molecule has 0 aliphatic carbocycles. The molecule has 1 aromatic carbocycles. The van der Waals surface area contributed by atoms with Gasteiger partial charge >= 0.3 is 5.97 Å². The standard InChI is InChI=1S/C16H20N4O2S.C5H10O2/c1-22-15(21)12-2-4-13(5-3-12)18-16-19-14(11-23-16)10-20-8-6-17-7-9-20;1-5(2,3)7-4-6/h2-5,11,17H,6-10H2,1H3,(H,18,19);4H,1-3H3. The predicted octanol–water partition coefficient (Wildman–Crippen LogP) is 3.04. The van der Waals surface area contributed by atoms with E-state index in [-0.39, 0.29) is 11.6 Å². The van der Waals surface area contributed by atoms with Crippen molar-refractivity contribution >= 4 is 34.6 Å². The molecule has 1 saturated heterocycles. The number of nitrogens with one attached hydrogen (secondary N) is 2. The number of thiazole rings is 1. The number of piperazine rings is 1. The van der Waals surface area contributed by atoms with E-state index >= 15 is 0 Å². The molecular weight excluding hydrogens is 404 g/mol. The molecule has 2 heterocycles. The summed E-state index contributed by atoms with van der Waals surface area (Å²) in [7, 11) is 1.38. The van der Waals surface area contributed by atoms with E-state index in [9.17, 15) is 9.59 Å². The summed E-state index contributed by atoms with van der Waals surface area (Å²) in [6, 6.07) is 7.18. The van der Waals surface area contributed by atoms with E-state index in [4.69, 9.17) is 4.74 Å². The van der Waals surface area contributed by atoms with Gasteiger partial charge in [-0.05, 0) is 45.0 Å². The van der Waals surface area contributed by atoms with Crippen molar-refractivity contribution in [3.8, 4) is 0 Å². The smallest absolute Gasteiger partial charge is 0.337 e. The minimum Gasteiger partial charge on any atom is -0.465 e. The number of hydrogen-bond donors (Lipinski definition) is 2. The van der Waals surface area contributed by atoms with Crippen LogP contribution < -0.4 is 10.6 Å². The van der Waals surface area contributed by atoms with Crippen LogP contribution in [0.1, 0.15) is 36.8 Å². The molecule has 8 nitrogen and oxygen atoms in total. The number of carbonyl (C=O) groups excluding carboxylic acids is 2. The van der Waals surface area contributed by atoms with Crippen molar-refractivity contribution in [2.24, 2.45) is 0 Å². The van der Waals surface area contributed by atoms with Crippen LogP contribution in [0.4, 0.5) is 10.8 Å². The largest absolute Gasteiger partial charge is 0.465 e. The first-order valence-corrected chi connectivity index (χ1v) is 10.6. The second-order valence-electron chi connectivity index (χ2n) is 7.69. The van der Waals surface area contributed by atoms with Crippen molar-refractivity contribution in [1.29, 1.82) is 0 Å². The number of ether oxygens (including phenoxy) is 2. The van der Waals surface area contributed by atoms with Crippen molar-refractivity contribution < 1.29 is 19.1 Å². The molecule has 1 aromatic heterocycles. The van der Waals surface area contributed by atoms with Crippen LogP contribution in [0, 0.1) is 0 Å². The Hall–Kier alpha value is -2.49. The molecule has 0 atom stereocenters. The Morgan fingerprint density at radius 2 is 1.93 bits per heavy atom. The van der Waals surface area contributed by atoms with Gasteiger partial charge in [0.2, 0.25) is 0 Å². The third-order valence-electron chi connectivity index (χ3n) is 4.11. The Labute approximate surface area is 181 Å². The highest BCUT2D eigenvalue weighted by Crippen LogP contribution is 2.22. The summed E-state index contributed by atoms with van der Waals surface area (Å²) in [5.41, 5.74) is 2.21. The van der Waals surface area contributed by atoms with Gasteiger partial charge in [-0.3, -0.25) is 9.69 Å². The third kappa shape index (κ3) is 8.48. The van der Waals surface area contributed by atoms with Crippen LogP contribution in [0.5, 0.6) is 0 Å². The molecule has 1 aliphatic rings. The van der Waals surface area contributed by atoms with Crippen molar-refractivity contribution in [2.75, 3.05) is 38.6 Å². The van der Waals surface area contributed by atoms with E-state index < -0.39 is 0 Å². The van der Waals surface area contributed by atoms with Gasteiger partial charge in [-0.15, -0.1) is 11.3 Å². The maximum atomic E-state index is 11.4. The fourth-order valence-electron chi connectivity index (χ4n) is 2.61. The van der Waals surface area contributed by atoms with Gasteiger partial charge in [0, 0.05) is 43.8 Å². The van der Waals surface area contributed by atoms with Crippen molar-refractivity contribution in [1.82, 2.24) is 15.2 Å². The number of methoxy groups -OCH3 is 1. The van der Waals surface area contributed by atoms with Gasteiger partial charge in [0.15, 0.2) is 5.13 Å². The monoisotopic (exact) mass is 434 g/mol. The zero-order chi connectivity index (χ0) is 22.0. The summed E-state index contributed by atoms with van der Waals surface area (Å²) in [6.07, 6.45) is 0. The Bertz CT molecular complexity index is 796. The van der Waals surface area contributed by atoms with Crippen LogP contribution in [0.3, 0.4) is 0 Å². The minimum absolute atomic E-state index is 0.318. The number of hydrogen-bond acceptors (Lipinski definition) is 9. The van der Waals surface area contributed by atoms with Gasteiger partial charge in [-0.2, -0.15) is 0 Å². The maximum Gasteiger partial charge on any atom is 0.337 e. The second-order valence-corrected chi connectivity index (χ2v) is 8.55. The molecule has 2 N–H and O–H groups in total. The van der Waals surface area contributed by atoms with Crippen LogP contribution in [0.2, 0.25) is 0 Å². The Morgan fingerprint density at radius 1 is 1.27 bits per heavy atom. The van der Waals surface area contributed by atoms with Gasteiger partial charge in [0.05, 0.1) is 18.4 Å². The Morgan fingerprint density at radius 3 is 2.47 bits per heavy atom. The maximum absolute atomic E-state index is 11.4. The fourth-order valence-corrected chi connectivity index (χ4v) is 3.33. The molecule has 0 spiro atoms. The molecule has 3 rings (SSSR count). The summed E-state index contributed by atoms with van der Waals surface area (Å²) < 4.78 is 9.24. The fraction of sp³-hybridized carbons (Fsp3) is 0.476. The molecule has 9 heteroatoms. The highest BCUT2D eigenvalue weighted by Gasteiger charge is 2.12. The van der Waals surface area contributed by atoms with Crippen LogP contribution >= 0.6 is 11.3 Å². The van der Waals surface area contributed by atoms with Gasteiger partial charge in [-0.1, -0.05) is 0 Å². The Balaban J connectivity index is 0.000000396. The number of esters is 1. The zero-order valence-electron chi connectivity index (χ0n) is 17.9. The van der Waals surface area contributed by atoms with E-state index in [0.717, 1.165) is 49.2 Å². The number of nitrogens with zero attached hydrogens (tertiary/aromatic N) is 2. The number of rotatable bonds is 6. The van der Waals surface area contributed by atoms with E-state index in [0.29, 0.717) is 12.0 Å². The van der Waals surface area contributed by atoms with E-state index in [1.807, 2.05) is 32.9 Å². The summed E-state index contributed by atoms with van der Waals surface area (Å²) in [5.74, 6) is -0.330. The first kappa shape index (κ1) is 23.8. The Kier molecular flexibility index (Phi) is 9.22. The first-order chi connectivity index (χ1) is 14.3. The lowest BCUT2D eigenvalue weighted by molar-refractivity contribution is -0.138.